The first-order chi connectivity index (χ1) is 15.4. The molecule has 2 heterocycles. The largest absolute Gasteiger partial charge is 0.494 e. The van der Waals surface area contributed by atoms with Crippen LogP contribution in [0.4, 0.5) is 0 Å². The molecular formula is C23H24N4O5. The van der Waals surface area contributed by atoms with Gasteiger partial charge in [-0.1, -0.05) is 36.4 Å². The summed E-state index contributed by atoms with van der Waals surface area (Å²) in [7, 11) is 4.93. The van der Waals surface area contributed by atoms with E-state index in [2.05, 4.69) is 10.1 Å². The smallest absolute Gasteiger partial charge is 0.331 e. The number of aromatic nitrogens is 2. The molecule has 1 atom stereocenters. The maximum atomic E-state index is 12.6. The summed E-state index contributed by atoms with van der Waals surface area (Å²) < 4.78 is 11.8. The van der Waals surface area contributed by atoms with Crippen molar-refractivity contribution in [2.24, 2.45) is 5.10 Å². The monoisotopic (exact) mass is 436 g/mol. The van der Waals surface area contributed by atoms with Crippen LogP contribution in [0.5, 0.6) is 17.4 Å². The van der Waals surface area contributed by atoms with Crippen LogP contribution in [-0.2, 0) is 6.54 Å². The minimum absolute atomic E-state index is 0.00430. The average molecular weight is 436 g/mol. The van der Waals surface area contributed by atoms with Crippen molar-refractivity contribution in [3.8, 4) is 17.4 Å². The topological polar surface area (TPSA) is 109 Å². The number of H-pyrrole nitrogens is 1. The molecule has 0 spiro atoms. The van der Waals surface area contributed by atoms with Crippen LogP contribution in [0.15, 0.2) is 63.2 Å². The highest BCUT2D eigenvalue weighted by atomic mass is 16.5. The molecule has 9 heteroatoms. The Labute approximate surface area is 184 Å². The van der Waals surface area contributed by atoms with Gasteiger partial charge in [-0.15, -0.1) is 0 Å². The number of rotatable bonds is 6. The lowest BCUT2D eigenvalue weighted by molar-refractivity contribution is 0.288. The summed E-state index contributed by atoms with van der Waals surface area (Å²) in [4.78, 5) is 27.3. The molecule has 0 amide bonds. The number of hydrogen-bond donors (Lipinski definition) is 2. The van der Waals surface area contributed by atoms with E-state index in [9.17, 15) is 14.7 Å². The summed E-state index contributed by atoms with van der Waals surface area (Å²) in [5.74, 6) is 0.798. The summed E-state index contributed by atoms with van der Waals surface area (Å²) >= 11 is 0. The molecule has 3 aromatic rings. The Hall–Kier alpha value is -4.01. The van der Waals surface area contributed by atoms with Gasteiger partial charge in [0.2, 0.25) is 5.88 Å². The van der Waals surface area contributed by atoms with Gasteiger partial charge in [0.25, 0.3) is 5.56 Å². The fourth-order valence-corrected chi connectivity index (χ4v) is 3.89. The lowest BCUT2D eigenvalue weighted by Gasteiger charge is -2.20. The van der Waals surface area contributed by atoms with Crippen molar-refractivity contribution in [3.63, 3.8) is 0 Å². The fourth-order valence-electron chi connectivity index (χ4n) is 3.89. The first-order valence-corrected chi connectivity index (χ1v) is 10.1. The van der Waals surface area contributed by atoms with Crippen LogP contribution in [0.2, 0.25) is 0 Å². The van der Waals surface area contributed by atoms with Gasteiger partial charge in [0.15, 0.2) is 11.5 Å². The Morgan fingerprint density at radius 1 is 1.09 bits per heavy atom. The van der Waals surface area contributed by atoms with Gasteiger partial charge in [0.1, 0.15) is 5.56 Å². The van der Waals surface area contributed by atoms with Crippen LogP contribution in [0.25, 0.3) is 0 Å². The zero-order chi connectivity index (χ0) is 22.8. The van der Waals surface area contributed by atoms with Gasteiger partial charge in [-0.2, -0.15) is 5.10 Å². The molecule has 0 saturated carbocycles. The van der Waals surface area contributed by atoms with Crippen molar-refractivity contribution in [3.05, 3.63) is 86.1 Å². The first kappa shape index (κ1) is 21.2. The number of aromatic hydroxyl groups is 1. The predicted octanol–water partition coefficient (Wildman–Crippen LogP) is 2.09. The van der Waals surface area contributed by atoms with Crippen molar-refractivity contribution in [2.45, 2.75) is 19.0 Å². The van der Waals surface area contributed by atoms with E-state index in [0.29, 0.717) is 23.6 Å². The highest BCUT2D eigenvalue weighted by Crippen LogP contribution is 2.36. The van der Waals surface area contributed by atoms with Crippen molar-refractivity contribution >= 4 is 5.71 Å². The Kier molecular flexibility index (Phi) is 5.72. The summed E-state index contributed by atoms with van der Waals surface area (Å²) in [6, 6.07) is 14.6. The minimum Gasteiger partial charge on any atom is -0.494 e. The molecular weight excluding hydrogens is 412 g/mol. The predicted molar refractivity (Wildman–Crippen MR) is 120 cm³/mol. The summed E-state index contributed by atoms with van der Waals surface area (Å²) in [6.07, 6.45) is 0.367. The van der Waals surface area contributed by atoms with Crippen molar-refractivity contribution < 1.29 is 14.6 Å². The summed E-state index contributed by atoms with van der Waals surface area (Å²) in [6.45, 7) is 0.123. The SMILES string of the molecule is COc1ccc(C2CC(c3c(O)n(Cc4ccccc4)c(=O)[nH]c3=O)=NN2C)cc1OC. The maximum absolute atomic E-state index is 12.6. The van der Waals surface area contributed by atoms with E-state index >= 15 is 0 Å². The van der Waals surface area contributed by atoms with E-state index in [0.717, 1.165) is 15.7 Å². The second kappa shape index (κ2) is 8.62. The summed E-state index contributed by atoms with van der Waals surface area (Å²) in [5, 5.41) is 17.1. The molecule has 0 aliphatic carbocycles. The van der Waals surface area contributed by atoms with Crippen molar-refractivity contribution in [1.29, 1.82) is 0 Å². The molecule has 2 N–H and O–H groups in total. The molecule has 1 aromatic heterocycles. The normalized spacial score (nSPS) is 15.5. The highest BCUT2D eigenvalue weighted by Gasteiger charge is 2.31. The lowest BCUT2D eigenvalue weighted by atomic mass is 9.99. The van der Waals surface area contributed by atoms with Gasteiger partial charge in [0.05, 0.1) is 32.5 Å². The van der Waals surface area contributed by atoms with E-state index in [1.807, 2.05) is 48.5 Å². The van der Waals surface area contributed by atoms with Crippen LogP contribution in [0, 0.1) is 0 Å². The number of benzene rings is 2. The lowest BCUT2D eigenvalue weighted by Crippen LogP contribution is -2.34. The summed E-state index contributed by atoms with van der Waals surface area (Å²) in [5.41, 5.74) is 0.776. The molecule has 1 unspecified atom stereocenters. The van der Waals surface area contributed by atoms with E-state index in [1.54, 1.807) is 26.3 Å². The van der Waals surface area contributed by atoms with Gasteiger partial charge in [-0.05, 0) is 23.3 Å². The van der Waals surface area contributed by atoms with Gasteiger partial charge >= 0.3 is 5.69 Å². The highest BCUT2D eigenvalue weighted by molar-refractivity contribution is 6.03. The minimum atomic E-state index is -0.677. The van der Waals surface area contributed by atoms with Crippen molar-refractivity contribution in [1.82, 2.24) is 14.6 Å². The Morgan fingerprint density at radius 2 is 1.81 bits per heavy atom. The molecule has 0 bridgehead atoms. The van der Waals surface area contributed by atoms with Crippen LogP contribution >= 0.6 is 0 Å². The Balaban J connectivity index is 1.69. The second-order valence-electron chi connectivity index (χ2n) is 7.48. The number of aromatic amines is 1. The number of methoxy groups -OCH3 is 2. The molecule has 166 valence electrons. The molecule has 0 fully saturated rings. The molecule has 9 nitrogen and oxygen atoms in total. The number of nitrogens with zero attached hydrogens (tertiary/aromatic N) is 3. The van der Waals surface area contributed by atoms with E-state index in [-0.39, 0.29) is 18.2 Å². The Bertz CT molecular complexity index is 1280. The molecule has 2 aromatic carbocycles. The number of hydrogen-bond acceptors (Lipinski definition) is 7. The molecule has 1 aliphatic heterocycles. The molecule has 4 rings (SSSR count). The zero-order valence-electron chi connectivity index (χ0n) is 18.0. The fraction of sp³-hybridized carbons (Fsp3) is 0.261. The number of ether oxygens (including phenoxy) is 2. The van der Waals surface area contributed by atoms with Gasteiger partial charge in [0, 0.05) is 13.5 Å². The van der Waals surface area contributed by atoms with Crippen LogP contribution in [0.1, 0.15) is 29.2 Å². The standard InChI is InChI=1S/C23H24N4O5/c1-26-17(15-9-10-18(31-2)19(11-15)32-3)12-16(25-26)20-21(28)24-23(30)27(22(20)29)13-14-7-5-4-6-8-14/h4-11,17,29H,12-13H2,1-3H3,(H,24,28,30). The third kappa shape index (κ3) is 3.84. The quantitative estimate of drug-likeness (QED) is 0.613. The molecule has 0 saturated heterocycles. The number of hydrazone groups is 1. The second-order valence-corrected chi connectivity index (χ2v) is 7.48. The van der Waals surface area contributed by atoms with Crippen LogP contribution < -0.4 is 20.7 Å². The maximum Gasteiger partial charge on any atom is 0.331 e. The molecule has 32 heavy (non-hydrogen) atoms. The molecule has 0 radical (unpaired) electrons. The Morgan fingerprint density at radius 3 is 2.50 bits per heavy atom. The van der Waals surface area contributed by atoms with E-state index < -0.39 is 17.1 Å². The number of nitrogens with one attached hydrogen (secondary N) is 1. The van der Waals surface area contributed by atoms with E-state index in [1.165, 1.54) is 0 Å². The third-order valence-corrected chi connectivity index (χ3v) is 5.55. The van der Waals surface area contributed by atoms with E-state index in [4.69, 9.17) is 9.47 Å². The molecule has 1 aliphatic rings. The third-order valence-electron chi connectivity index (χ3n) is 5.55. The van der Waals surface area contributed by atoms with Crippen molar-refractivity contribution in [2.75, 3.05) is 21.3 Å². The van der Waals surface area contributed by atoms with Gasteiger partial charge < -0.3 is 14.6 Å². The first-order valence-electron chi connectivity index (χ1n) is 10.1. The van der Waals surface area contributed by atoms with Crippen LogP contribution in [0.3, 0.4) is 0 Å². The van der Waals surface area contributed by atoms with Gasteiger partial charge in [-0.25, -0.2) is 4.79 Å². The average Bonchev–Trinajstić information content (AvgIpc) is 3.17. The zero-order valence-corrected chi connectivity index (χ0v) is 18.0. The van der Waals surface area contributed by atoms with Gasteiger partial charge in [-0.3, -0.25) is 19.4 Å². The van der Waals surface area contributed by atoms with Crippen LogP contribution in [-0.4, -0.2) is 46.6 Å².